The van der Waals surface area contributed by atoms with E-state index in [2.05, 4.69) is 177 Å². The van der Waals surface area contributed by atoms with Gasteiger partial charge in [-0.05, 0) is 87.1 Å². The van der Waals surface area contributed by atoms with Gasteiger partial charge in [-0.3, -0.25) is 4.99 Å². The molecule has 4 heteroatoms. The molecule has 0 bridgehead atoms. The predicted octanol–water partition coefficient (Wildman–Crippen LogP) is 12.5. The van der Waals surface area contributed by atoms with E-state index >= 15 is 0 Å². The van der Waals surface area contributed by atoms with Crippen molar-refractivity contribution in [1.29, 1.82) is 0 Å². The smallest absolute Gasteiger partial charge is 0.161 e. The molecule has 0 fully saturated rings. The van der Waals surface area contributed by atoms with Gasteiger partial charge in [0.2, 0.25) is 0 Å². The Labute approximate surface area is 334 Å². The van der Waals surface area contributed by atoms with Crippen LogP contribution in [-0.2, 0) is 12.0 Å². The normalized spacial score (nSPS) is 18.4. The van der Waals surface area contributed by atoms with Crippen LogP contribution in [0.1, 0.15) is 53.1 Å². The Hall–Kier alpha value is -6.91. The summed E-state index contributed by atoms with van der Waals surface area (Å²) in [4.78, 5) is 15.1. The molecular formula is C53H41N3O. The number of allylic oxidation sites excluding steroid dienone is 8. The number of hydrogen-bond donors (Lipinski definition) is 0. The predicted molar refractivity (Wildman–Crippen MR) is 235 cm³/mol. The quantitative estimate of drug-likeness (QED) is 0.124. The second-order valence-electron chi connectivity index (χ2n) is 15.6. The minimum atomic E-state index is -0.147. The molecule has 6 aromatic carbocycles. The van der Waals surface area contributed by atoms with Gasteiger partial charge in [-0.25, -0.2) is 9.98 Å². The summed E-state index contributed by atoms with van der Waals surface area (Å²) in [6.45, 7) is 9.21. The number of ether oxygens (including phenoxy) is 1. The molecule has 0 saturated heterocycles. The van der Waals surface area contributed by atoms with Crippen LogP contribution in [0.25, 0.3) is 33.4 Å². The highest BCUT2D eigenvalue weighted by atomic mass is 16.5. The lowest BCUT2D eigenvalue weighted by Gasteiger charge is -2.26. The largest absolute Gasteiger partial charge is 0.460 e. The summed E-state index contributed by atoms with van der Waals surface area (Å²) in [7, 11) is 0. The number of amidine groups is 2. The van der Waals surface area contributed by atoms with Gasteiger partial charge >= 0.3 is 0 Å². The summed E-state index contributed by atoms with van der Waals surface area (Å²) >= 11 is 0. The van der Waals surface area contributed by atoms with Crippen LogP contribution < -0.4 is 4.74 Å². The fourth-order valence-electron chi connectivity index (χ4n) is 8.98. The second kappa shape index (κ2) is 14.0. The van der Waals surface area contributed by atoms with Gasteiger partial charge in [0.25, 0.3) is 0 Å². The van der Waals surface area contributed by atoms with Crippen LogP contribution in [0.4, 0.5) is 0 Å². The number of hydrogen-bond acceptors (Lipinski definition) is 2. The van der Waals surface area contributed by atoms with Crippen LogP contribution in [0.15, 0.2) is 202 Å². The van der Waals surface area contributed by atoms with Gasteiger partial charge in [0.05, 0.1) is 12.5 Å². The van der Waals surface area contributed by atoms with Crippen molar-refractivity contribution in [3.63, 3.8) is 0 Å². The SMILES string of the molecule is C=N/C(=N\C(=N/Cc1ccccc1)c1cccc(-c2ccccc2)c1)c1cc(-c2ccc3c(c2)C(C)(C)c2ccccc2-3)c2c(c1)C1C(=CC=C3C=CC=CC31)O2. The van der Waals surface area contributed by atoms with E-state index in [0.29, 0.717) is 18.2 Å². The third-order valence-electron chi connectivity index (χ3n) is 11.9. The van der Waals surface area contributed by atoms with E-state index in [1.54, 1.807) is 0 Å². The monoisotopic (exact) mass is 735 g/mol. The first-order chi connectivity index (χ1) is 28.0. The van der Waals surface area contributed by atoms with E-state index in [1.165, 1.54) is 27.8 Å². The van der Waals surface area contributed by atoms with Gasteiger partial charge in [0, 0.05) is 33.6 Å². The van der Waals surface area contributed by atoms with E-state index in [4.69, 9.17) is 14.7 Å². The van der Waals surface area contributed by atoms with Crippen molar-refractivity contribution in [1.82, 2.24) is 0 Å². The molecule has 2 atom stereocenters. The lowest BCUT2D eigenvalue weighted by atomic mass is 9.75. The van der Waals surface area contributed by atoms with Gasteiger partial charge in [-0.15, -0.1) is 0 Å². The molecule has 4 aliphatic rings. The van der Waals surface area contributed by atoms with Crippen molar-refractivity contribution in [3.8, 4) is 39.1 Å². The molecule has 0 spiro atoms. The second-order valence-corrected chi connectivity index (χ2v) is 15.6. The standard InChI is InChI=1S/C53H41N3O/c1-53(2)46-24-13-12-23-42(46)43-27-25-38(32-47(43)53)44-30-40(31-45-49-41-22-11-10-19-36(41)26-28-48(49)57-50(44)45)51(54-3)56-52(55-33-34-15-6-4-7-16-34)39-21-14-20-37(29-39)35-17-8-5-9-18-35/h4-32,41,49H,3,33H2,1-2H3/b55-52-,56-51-. The Morgan fingerprint density at radius 2 is 1.42 bits per heavy atom. The van der Waals surface area contributed by atoms with E-state index in [-0.39, 0.29) is 17.3 Å². The van der Waals surface area contributed by atoms with Crippen molar-refractivity contribution in [3.05, 3.63) is 221 Å². The Morgan fingerprint density at radius 3 is 2.26 bits per heavy atom. The first kappa shape index (κ1) is 34.6. The van der Waals surface area contributed by atoms with Crippen LogP contribution in [0, 0.1) is 5.92 Å². The maximum atomic E-state index is 6.89. The Morgan fingerprint density at radius 1 is 0.649 bits per heavy atom. The summed E-state index contributed by atoms with van der Waals surface area (Å²) in [5.74, 6) is 3.13. The molecule has 0 amide bonds. The molecule has 4 nitrogen and oxygen atoms in total. The Bertz CT molecular complexity index is 2780. The van der Waals surface area contributed by atoms with Crippen LogP contribution in [-0.4, -0.2) is 18.4 Å². The number of nitrogens with zero attached hydrogens (tertiary/aromatic N) is 3. The van der Waals surface area contributed by atoms with E-state index in [9.17, 15) is 0 Å². The van der Waals surface area contributed by atoms with E-state index < -0.39 is 0 Å². The van der Waals surface area contributed by atoms with Crippen molar-refractivity contribution in [2.24, 2.45) is 20.9 Å². The highest BCUT2D eigenvalue weighted by Crippen LogP contribution is 2.55. The number of fused-ring (bicyclic) bond motifs is 8. The van der Waals surface area contributed by atoms with Crippen LogP contribution >= 0.6 is 0 Å². The van der Waals surface area contributed by atoms with E-state index in [1.807, 2.05) is 24.3 Å². The summed E-state index contributed by atoms with van der Waals surface area (Å²) in [5.41, 5.74) is 14.7. The topological polar surface area (TPSA) is 46.3 Å². The van der Waals surface area contributed by atoms with E-state index in [0.717, 1.165) is 56.0 Å². The average molecular weight is 736 g/mol. The van der Waals surface area contributed by atoms with Crippen LogP contribution in [0.5, 0.6) is 5.75 Å². The van der Waals surface area contributed by atoms with Crippen molar-refractivity contribution in [2.75, 3.05) is 0 Å². The van der Waals surface area contributed by atoms with Gasteiger partial charge in [-0.1, -0.05) is 159 Å². The summed E-state index contributed by atoms with van der Waals surface area (Å²) < 4.78 is 6.89. The summed E-state index contributed by atoms with van der Waals surface area (Å²) in [6.07, 6.45) is 13.1. The zero-order chi connectivity index (χ0) is 38.5. The fraction of sp³-hybridized carbons (Fsp3) is 0.113. The minimum Gasteiger partial charge on any atom is -0.460 e. The summed E-state index contributed by atoms with van der Waals surface area (Å²) in [5, 5.41) is 0. The molecule has 3 aliphatic carbocycles. The molecule has 10 rings (SSSR count). The molecule has 1 heterocycles. The fourth-order valence-corrected chi connectivity index (χ4v) is 8.98. The van der Waals surface area contributed by atoms with Crippen LogP contribution in [0.3, 0.4) is 0 Å². The lowest BCUT2D eigenvalue weighted by molar-refractivity contribution is 0.410. The van der Waals surface area contributed by atoms with Gasteiger partial charge in [0.15, 0.2) is 11.7 Å². The van der Waals surface area contributed by atoms with Crippen molar-refractivity contribution in [2.45, 2.75) is 31.7 Å². The molecule has 0 radical (unpaired) electrons. The number of aliphatic imine (C=N–C) groups is 3. The molecule has 274 valence electrons. The molecule has 6 aromatic rings. The molecule has 2 unspecified atom stereocenters. The third-order valence-corrected chi connectivity index (χ3v) is 11.9. The van der Waals surface area contributed by atoms with Crippen molar-refractivity contribution < 1.29 is 4.74 Å². The zero-order valence-corrected chi connectivity index (χ0v) is 32.1. The maximum Gasteiger partial charge on any atom is 0.161 e. The first-order valence-electron chi connectivity index (χ1n) is 19.6. The molecule has 1 aliphatic heterocycles. The Balaban J connectivity index is 1.14. The zero-order valence-electron chi connectivity index (χ0n) is 32.1. The van der Waals surface area contributed by atoms with Crippen LogP contribution in [0.2, 0.25) is 0 Å². The highest BCUT2D eigenvalue weighted by Gasteiger charge is 2.41. The maximum absolute atomic E-state index is 6.89. The van der Waals surface area contributed by atoms with Crippen molar-refractivity contribution >= 4 is 18.4 Å². The Kier molecular flexibility index (Phi) is 8.48. The van der Waals surface area contributed by atoms with Gasteiger partial charge in [-0.2, -0.15) is 0 Å². The molecular weight excluding hydrogens is 695 g/mol. The minimum absolute atomic E-state index is 0.0230. The molecule has 57 heavy (non-hydrogen) atoms. The molecule has 0 saturated carbocycles. The first-order valence-corrected chi connectivity index (χ1v) is 19.6. The average Bonchev–Trinajstić information content (AvgIpc) is 3.76. The number of rotatable bonds is 6. The lowest BCUT2D eigenvalue weighted by Crippen LogP contribution is -2.17. The third kappa shape index (κ3) is 6.05. The van der Waals surface area contributed by atoms with Gasteiger partial charge < -0.3 is 4.74 Å². The highest BCUT2D eigenvalue weighted by molar-refractivity contribution is 6.13. The summed E-state index contributed by atoms with van der Waals surface area (Å²) in [6, 6.07) is 49.2. The molecule has 0 N–H and O–H groups in total. The van der Waals surface area contributed by atoms with Gasteiger partial charge in [0.1, 0.15) is 11.5 Å². The number of benzene rings is 6. The molecule has 0 aromatic heterocycles.